The zero-order valence-corrected chi connectivity index (χ0v) is 48.8. The van der Waals surface area contributed by atoms with Crippen molar-refractivity contribution in [3.63, 3.8) is 0 Å². The third-order valence-corrected chi connectivity index (χ3v) is 13.6. The van der Waals surface area contributed by atoms with Gasteiger partial charge in [-0.1, -0.05) is 286 Å². The molecular weight excluding hydrogens is 913 g/mol. The monoisotopic (exact) mass is 1030 g/mol. The Morgan fingerprint density at radius 1 is 0.284 bits per heavy atom. The molecule has 0 heterocycles. The molecule has 0 aromatic rings. The molecule has 0 bridgehead atoms. The van der Waals surface area contributed by atoms with Gasteiger partial charge in [0.15, 0.2) is 6.10 Å². The number of hydrogen-bond acceptors (Lipinski definition) is 6. The van der Waals surface area contributed by atoms with E-state index in [1.165, 1.54) is 161 Å². The van der Waals surface area contributed by atoms with E-state index in [9.17, 15) is 14.4 Å². The van der Waals surface area contributed by atoms with Gasteiger partial charge in [0, 0.05) is 19.3 Å². The molecule has 6 heteroatoms. The fourth-order valence-corrected chi connectivity index (χ4v) is 8.92. The number of carbonyl (C=O) groups excluding carboxylic acids is 3. The summed E-state index contributed by atoms with van der Waals surface area (Å²) in [5, 5.41) is 0. The van der Waals surface area contributed by atoms with E-state index in [1.807, 2.05) is 0 Å². The minimum absolute atomic E-state index is 0.0743. The molecule has 0 aromatic carbocycles. The first-order valence-electron chi connectivity index (χ1n) is 31.6. The van der Waals surface area contributed by atoms with Crippen LogP contribution in [-0.2, 0) is 28.6 Å². The average Bonchev–Trinajstić information content (AvgIpc) is 3.40. The fraction of sp³-hybridized carbons (Fsp3) is 0.750. The van der Waals surface area contributed by atoms with Crippen molar-refractivity contribution in [2.45, 2.75) is 316 Å². The van der Waals surface area contributed by atoms with Gasteiger partial charge in [0.05, 0.1) is 0 Å². The lowest BCUT2D eigenvalue weighted by Gasteiger charge is -2.18. The Bertz CT molecular complexity index is 1420. The van der Waals surface area contributed by atoms with Crippen LogP contribution in [0.3, 0.4) is 0 Å². The standard InChI is InChI=1S/C68H118O6/c1-4-7-10-13-16-19-22-23-24-25-26-27-28-29-30-31-32-33-34-35-36-37-38-39-40-41-42-43-44-45-47-49-52-55-58-61-67(70)73-64-65(63-72-66(69)60-57-54-51-48-21-18-15-12-9-6-3)74-68(71)62-59-56-53-50-46-20-17-14-11-8-5-2/h7,10,12,15-16,19,23-24,26-27,29-30,32-33,65H,4-6,8-9,11,13-14,17-18,20-22,25,28,31,34-64H2,1-3H3/b10-7-,15-12-,19-16-,24-23-,27-26-,30-29-,33-32-. The molecule has 1 atom stereocenters. The quantitative estimate of drug-likeness (QED) is 0.0261. The molecule has 0 radical (unpaired) electrons. The van der Waals surface area contributed by atoms with E-state index in [0.29, 0.717) is 19.3 Å². The summed E-state index contributed by atoms with van der Waals surface area (Å²) >= 11 is 0. The largest absolute Gasteiger partial charge is 0.462 e. The second-order valence-electron chi connectivity index (χ2n) is 20.9. The normalized spacial score (nSPS) is 12.6. The van der Waals surface area contributed by atoms with Crippen molar-refractivity contribution in [3.05, 3.63) is 85.1 Å². The molecule has 74 heavy (non-hydrogen) atoms. The molecule has 0 amide bonds. The Balaban J connectivity index is 4.01. The number of carbonyl (C=O) groups is 3. The van der Waals surface area contributed by atoms with Gasteiger partial charge in [-0.25, -0.2) is 0 Å². The Hall–Kier alpha value is -3.41. The molecule has 6 nitrogen and oxygen atoms in total. The van der Waals surface area contributed by atoms with E-state index >= 15 is 0 Å². The summed E-state index contributed by atoms with van der Waals surface area (Å²) in [6.07, 6.45) is 81.9. The second kappa shape index (κ2) is 62.1. The zero-order valence-electron chi connectivity index (χ0n) is 48.8. The molecule has 0 N–H and O–H groups in total. The maximum Gasteiger partial charge on any atom is 0.306 e. The van der Waals surface area contributed by atoms with Crippen molar-refractivity contribution in [2.75, 3.05) is 13.2 Å². The number of ether oxygens (including phenoxy) is 3. The van der Waals surface area contributed by atoms with Crippen molar-refractivity contribution in [2.24, 2.45) is 0 Å². The molecule has 0 aliphatic rings. The van der Waals surface area contributed by atoms with Gasteiger partial charge in [-0.2, -0.15) is 0 Å². The van der Waals surface area contributed by atoms with Crippen LogP contribution >= 0.6 is 0 Å². The first-order chi connectivity index (χ1) is 36.5. The van der Waals surface area contributed by atoms with Crippen molar-refractivity contribution in [1.82, 2.24) is 0 Å². The predicted molar refractivity (Wildman–Crippen MR) is 321 cm³/mol. The molecule has 0 aromatic heterocycles. The van der Waals surface area contributed by atoms with Crippen LogP contribution in [-0.4, -0.2) is 37.2 Å². The minimum Gasteiger partial charge on any atom is -0.462 e. The van der Waals surface area contributed by atoms with Crippen LogP contribution in [0.15, 0.2) is 85.1 Å². The summed E-state index contributed by atoms with van der Waals surface area (Å²) in [6.45, 7) is 6.47. The summed E-state index contributed by atoms with van der Waals surface area (Å²) in [5.41, 5.74) is 0. The van der Waals surface area contributed by atoms with Crippen LogP contribution < -0.4 is 0 Å². The highest BCUT2D eigenvalue weighted by Gasteiger charge is 2.19. The lowest BCUT2D eigenvalue weighted by Crippen LogP contribution is -2.30. The zero-order chi connectivity index (χ0) is 53.6. The van der Waals surface area contributed by atoms with E-state index in [4.69, 9.17) is 14.2 Å². The van der Waals surface area contributed by atoms with E-state index in [-0.39, 0.29) is 31.1 Å². The Kier molecular flexibility index (Phi) is 59.3. The highest BCUT2D eigenvalue weighted by Crippen LogP contribution is 2.17. The molecule has 426 valence electrons. The average molecular weight is 1030 g/mol. The van der Waals surface area contributed by atoms with Crippen LogP contribution in [0.1, 0.15) is 310 Å². The third-order valence-electron chi connectivity index (χ3n) is 13.6. The van der Waals surface area contributed by atoms with Crippen LogP contribution in [0, 0.1) is 0 Å². The predicted octanol–water partition coefficient (Wildman–Crippen LogP) is 21.5. The smallest absolute Gasteiger partial charge is 0.306 e. The SMILES string of the molecule is CC/C=C\C/C=C\C/C=C\C/C=C\C/C=C\C/C=C\CCCCCCCCCCCCCCCCCCC(=O)OCC(COC(=O)CCCCCCC/C=C\CCC)OC(=O)CCCCCCCCCCCCC. The molecule has 0 saturated carbocycles. The Labute approximate surface area is 458 Å². The molecule has 0 rings (SSSR count). The molecule has 0 fully saturated rings. The Morgan fingerprint density at radius 3 is 0.892 bits per heavy atom. The summed E-state index contributed by atoms with van der Waals surface area (Å²) in [4.78, 5) is 38.0. The van der Waals surface area contributed by atoms with E-state index in [2.05, 4.69) is 106 Å². The summed E-state index contributed by atoms with van der Waals surface area (Å²) < 4.78 is 16.8. The van der Waals surface area contributed by atoms with Gasteiger partial charge in [0.25, 0.3) is 0 Å². The van der Waals surface area contributed by atoms with Crippen LogP contribution in [0.2, 0.25) is 0 Å². The van der Waals surface area contributed by atoms with Crippen LogP contribution in [0.25, 0.3) is 0 Å². The van der Waals surface area contributed by atoms with Gasteiger partial charge in [-0.15, -0.1) is 0 Å². The van der Waals surface area contributed by atoms with Crippen molar-refractivity contribution < 1.29 is 28.6 Å². The lowest BCUT2D eigenvalue weighted by molar-refractivity contribution is -0.167. The first kappa shape index (κ1) is 70.6. The van der Waals surface area contributed by atoms with E-state index in [0.717, 1.165) is 109 Å². The molecule has 0 spiro atoms. The van der Waals surface area contributed by atoms with Gasteiger partial charge in [-0.05, 0) is 89.9 Å². The van der Waals surface area contributed by atoms with Gasteiger partial charge < -0.3 is 14.2 Å². The number of esters is 3. The first-order valence-corrected chi connectivity index (χ1v) is 31.6. The lowest BCUT2D eigenvalue weighted by atomic mass is 10.0. The summed E-state index contributed by atoms with van der Waals surface area (Å²) in [6, 6.07) is 0. The maximum atomic E-state index is 12.8. The molecule has 0 aliphatic carbocycles. The summed E-state index contributed by atoms with van der Waals surface area (Å²) in [5.74, 6) is -0.876. The Morgan fingerprint density at radius 2 is 0.554 bits per heavy atom. The molecule has 0 aliphatic heterocycles. The highest BCUT2D eigenvalue weighted by atomic mass is 16.6. The maximum absolute atomic E-state index is 12.8. The van der Waals surface area contributed by atoms with Crippen molar-refractivity contribution in [1.29, 1.82) is 0 Å². The van der Waals surface area contributed by atoms with Gasteiger partial charge >= 0.3 is 17.9 Å². The van der Waals surface area contributed by atoms with Crippen molar-refractivity contribution in [3.8, 4) is 0 Å². The number of unbranched alkanes of at least 4 members (excludes halogenated alkanes) is 32. The highest BCUT2D eigenvalue weighted by molar-refractivity contribution is 5.71. The second-order valence-corrected chi connectivity index (χ2v) is 20.9. The van der Waals surface area contributed by atoms with E-state index < -0.39 is 6.10 Å². The number of rotatable bonds is 57. The topological polar surface area (TPSA) is 78.9 Å². The molecule has 1 unspecified atom stereocenters. The van der Waals surface area contributed by atoms with Crippen LogP contribution in [0.4, 0.5) is 0 Å². The van der Waals surface area contributed by atoms with Gasteiger partial charge in [0.2, 0.25) is 0 Å². The number of allylic oxidation sites excluding steroid dienone is 14. The van der Waals surface area contributed by atoms with E-state index in [1.54, 1.807) is 0 Å². The minimum atomic E-state index is -0.774. The number of hydrogen-bond donors (Lipinski definition) is 0. The fourth-order valence-electron chi connectivity index (χ4n) is 8.92. The summed E-state index contributed by atoms with van der Waals surface area (Å²) in [7, 11) is 0. The third kappa shape index (κ3) is 59.5. The van der Waals surface area contributed by atoms with Crippen LogP contribution in [0.5, 0.6) is 0 Å². The van der Waals surface area contributed by atoms with Gasteiger partial charge in [-0.3, -0.25) is 14.4 Å². The molecular formula is C68H118O6. The molecule has 0 saturated heterocycles. The van der Waals surface area contributed by atoms with Gasteiger partial charge in [0.1, 0.15) is 13.2 Å². The van der Waals surface area contributed by atoms with Crippen molar-refractivity contribution >= 4 is 17.9 Å².